The van der Waals surface area contributed by atoms with Crippen molar-refractivity contribution in [3.05, 3.63) is 24.3 Å². The first-order chi connectivity index (χ1) is 29.0. The zero-order valence-corrected chi connectivity index (χ0v) is 31.9. The normalized spacial score (nSPS) is 32.6. The SMILES string of the molecule is C=C(C(=O)OC1(C(F)(F)F)CC(C)(C(F)(F)F)OC(O)(C(F)(F)F)C1(F)F)C(F)(F)F.C=C(C(=O)OC1(C(F)(F)F)CC(C2CCCCC2)(C(F)(F)F)OC(O)(C(F)(F)F)C1(F)F)C(F)(F)F. The Labute approximate surface area is 351 Å². The van der Waals surface area contributed by atoms with E-state index in [2.05, 4.69) is 18.9 Å². The number of rotatable bonds is 5. The second kappa shape index (κ2) is 16.7. The lowest BCUT2D eigenvalue weighted by Gasteiger charge is -2.59. The summed E-state index contributed by atoms with van der Waals surface area (Å²) in [6, 6.07) is 0. The van der Waals surface area contributed by atoms with Crippen LogP contribution in [0.1, 0.15) is 51.9 Å². The summed E-state index contributed by atoms with van der Waals surface area (Å²) in [6.45, 7) is 3.19. The van der Waals surface area contributed by atoms with Gasteiger partial charge in [-0.15, -0.1) is 0 Å². The van der Waals surface area contributed by atoms with Crippen LogP contribution in [0.3, 0.4) is 0 Å². The molecular formula is C31H24F28O8. The minimum Gasteiger partial charge on any atom is -0.439 e. The fourth-order valence-electron chi connectivity index (χ4n) is 6.76. The molecule has 67 heavy (non-hydrogen) atoms. The van der Waals surface area contributed by atoms with Gasteiger partial charge in [0.1, 0.15) is 11.1 Å². The molecule has 2 saturated heterocycles. The van der Waals surface area contributed by atoms with Crippen LogP contribution in [0.15, 0.2) is 24.3 Å². The van der Waals surface area contributed by atoms with Gasteiger partial charge >= 0.3 is 84.8 Å². The van der Waals surface area contributed by atoms with Crippen LogP contribution >= 0.6 is 0 Å². The molecule has 3 rings (SSSR count). The predicted molar refractivity (Wildman–Crippen MR) is 153 cm³/mol. The summed E-state index contributed by atoms with van der Waals surface area (Å²) in [4.78, 5) is 23.1. The highest BCUT2D eigenvalue weighted by atomic mass is 19.4. The standard InChI is InChI=1S/C18H16F14O4.C13H8F14O4/c1-8(13(19,20)21)10(33)35-12(17(27,28)29)7-11(16(24,25)26,9-5-3-2-4-6-9)36-15(34,14(12,22)23)18(30,31)32;1-4(8(14,15)16)5(28)30-7(12(22,23)24)3-6(2,11(19,20)21)31-10(29,9(7,17)18)13(25,26)27/h9,34H,1-7H2;29H,1,3H2,2H3. The quantitative estimate of drug-likeness (QED) is 0.159. The molecule has 6 unspecified atom stereocenters. The number of ether oxygens (including phenoxy) is 4. The molecule has 392 valence electrons. The molecule has 6 atom stereocenters. The van der Waals surface area contributed by atoms with Crippen LogP contribution in [-0.2, 0) is 28.5 Å². The molecule has 2 aliphatic heterocycles. The Bertz CT molecular complexity index is 1880. The molecule has 8 nitrogen and oxygen atoms in total. The molecule has 2 heterocycles. The Morgan fingerprint density at radius 1 is 0.493 bits per heavy atom. The summed E-state index contributed by atoms with van der Waals surface area (Å²) < 4.78 is 392. The van der Waals surface area contributed by atoms with Gasteiger partial charge in [-0.3, -0.25) is 0 Å². The van der Waals surface area contributed by atoms with Crippen LogP contribution in [0.25, 0.3) is 0 Å². The number of aliphatic hydroxyl groups is 2. The highest BCUT2D eigenvalue weighted by Gasteiger charge is 2.94. The van der Waals surface area contributed by atoms with E-state index < -0.39 is 157 Å². The lowest BCUT2D eigenvalue weighted by Crippen LogP contribution is -2.83. The van der Waals surface area contributed by atoms with Crippen molar-refractivity contribution in [3.8, 4) is 0 Å². The fourth-order valence-corrected chi connectivity index (χ4v) is 6.76. The van der Waals surface area contributed by atoms with Gasteiger partial charge in [-0.05, 0) is 25.7 Å². The molecule has 3 fully saturated rings. The lowest BCUT2D eigenvalue weighted by atomic mass is 9.66. The molecule has 2 N–H and O–H groups in total. The maximum atomic E-state index is 15.0. The minimum absolute atomic E-state index is 0.148. The van der Waals surface area contributed by atoms with E-state index in [9.17, 15) is 134 Å². The first-order valence-corrected chi connectivity index (χ1v) is 17.0. The Morgan fingerprint density at radius 3 is 1.07 bits per heavy atom. The van der Waals surface area contributed by atoms with Gasteiger partial charge in [0.25, 0.3) is 11.2 Å². The maximum Gasteiger partial charge on any atom is 0.449 e. The van der Waals surface area contributed by atoms with Gasteiger partial charge in [-0.2, -0.15) is 123 Å². The smallest absolute Gasteiger partial charge is 0.439 e. The van der Waals surface area contributed by atoms with Crippen molar-refractivity contribution in [2.24, 2.45) is 5.92 Å². The Balaban J connectivity index is 0.000000466. The van der Waals surface area contributed by atoms with Crippen molar-refractivity contribution in [1.82, 2.24) is 0 Å². The van der Waals surface area contributed by atoms with E-state index in [4.69, 9.17) is 0 Å². The summed E-state index contributed by atoms with van der Waals surface area (Å²) in [5.74, 6) is -36.6. The maximum absolute atomic E-state index is 15.0. The second-order valence-electron chi connectivity index (χ2n) is 14.8. The Hall–Kier alpha value is -3.70. The van der Waals surface area contributed by atoms with Crippen molar-refractivity contribution in [1.29, 1.82) is 0 Å². The lowest BCUT2D eigenvalue weighted by molar-refractivity contribution is -0.541. The third-order valence-corrected chi connectivity index (χ3v) is 10.4. The molecule has 36 heteroatoms. The largest absolute Gasteiger partial charge is 0.449 e. The van der Waals surface area contributed by atoms with E-state index >= 15 is 8.78 Å². The summed E-state index contributed by atoms with van der Waals surface area (Å²) in [6.07, 6.45) is -61.8. The number of hydrogen-bond acceptors (Lipinski definition) is 8. The molecule has 0 aromatic rings. The second-order valence-corrected chi connectivity index (χ2v) is 14.8. The van der Waals surface area contributed by atoms with Crippen LogP contribution in [0.4, 0.5) is 123 Å². The number of halogens is 28. The van der Waals surface area contributed by atoms with E-state index in [0.29, 0.717) is 0 Å². The fraction of sp³-hybridized carbons (Fsp3) is 0.806. The van der Waals surface area contributed by atoms with E-state index in [-0.39, 0.29) is 19.3 Å². The Morgan fingerprint density at radius 2 is 0.806 bits per heavy atom. The highest BCUT2D eigenvalue weighted by molar-refractivity contribution is 5.90. The van der Waals surface area contributed by atoms with Crippen molar-refractivity contribution in [2.75, 3.05) is 0 Å². The van der Waals surface area contributed by atoms with E-state index in [1.807, 2.05) is 13.2 Å². The molecule has 1 aliphatic carbocycles. The third-order valence-electron chi connectivity index (χ3n) is 10.4. The van der Waals surface area contributed by atoms with Gasteiger partial charge in [0.05, 0.1) is 0 Å². The van der Waals surface area contributed by atoms with Crippen molar-refractivity contribution in [2.45, 2.75) is 147 Å². The molecule has 3 aliphatic rings. The van der Waals surface area contributed by atoms with Crippen molar-refractivity contribution < 1.29 is 162 Å². The monoisotopic (exact) mass is 1060 g/mol. The topological polar surface area (TPSA) is 112 Å². The Kier molecular flexibility index (Phi) is 14.8. The van der Waals surface area contributed by atoms with Crippen LogP contribution in [0, 0.1) is 5.92 Å². The molecular weight excluding hydrogens is 1030 g/mol. The van der Waals surface area contributed by atoms with Gasteiger partial charge in [-0.25, -0.2) is 9.59 Å². The van der Waals surface area contributed by atoms with E-state index in [0.717, 1.165) is 0 Å². The van der Waals surface area contributed by atoms with Crippen molar-refractivity contribution in [3.63, 3.8) is 0 Å². The average Bonchev–Trinajstić information content (AvgIpc) is 3.08. The number of alkyl halides is 28. The first kappa shape index (κ1) is 59.4. The van der Waals surface area contributed by atoms with Gasteiger partial charge in [0.2, 0.25) is 0 Å². The molecule has 0 radical (unpaired) electrons. The molecule has 0 aromatic carbocycles. The average molecular weight is 1060 g/mol. The third kappa shape index (κ3) is 9.51. The molecule has 0 bridgehead atoms. The molecule has 0 aromatic heterocycles. The van der Waals surface area contributed by atoms with Gasteiger partial charge in [0.15, 0.2) is 11.2 Å². The number of carbonyl (C=O) groups excluding carboxylic acids is 2. The summed E-state index contributed by atoms with van der Waals surface area (Å²) in [5, 5.41) is 19.0. The number of carbonyl (C=O) groups is 2. The first-order valence-electron chi connectivity index (χ1n) is 17.0. The van der Waals surface area contributed by atoms with Crippen LogP contribution in [0.5, 0.6) is 0 Å². The predicted octanol–water partition coefficient (Wildman–Crippen LogP) is 10.7. The van der Waals surface area contributed by atoms with Crippen LogP contribution < -0.4 is 0 Å². The minimum atomic E-state index is -7.11. The number of esters is 2. The number of hydrogen-bond donors (Lipinski definition) is 2. The molecule has 1 saturated carbocycles. The van der Waals surface area contributed by atoms with E-state index in [1.54, 1.807) is 0 Å². The summed E-state index contributed by atoms with van der Waals surface area (Å²) >= 11 is 0. The van der Waals surface area contributed by atoms with Crippen molar-refractivity contribution >= 4 is 11.9 Å². The molecule has 0 amide bonds. The zero-order chi connectivity index (χ0) is 53.7. The zero-order valence-electron chi connectivity index (χ0n) is 31.9. The van der Waals surface area contributed by atoms with Gasteiger partial charge in [-0.1, -0.05) is 32.4 Å². The van der Waals surface area contributed by atoms with Crippen LogP contribution in [0.2, 0.25) is 0 Å². The summed E-state index contributed by atoms with van der Waals surface area (Å²) in [5.41, 5.74) is -28.3. The molecule has 0 spiro atoms. The van der Waals surface area contributed by atoms with E-state index in [1.165, 1.54) is 0 Å². The van der Waals surface area contributed by atoms with Gasteiger partial charge < -0.3 is 29.2 Å². The van der Waals surface area contributed by atoms with Crippen LogP contribution in [-0.4, -0.2) is 117 Å². The summed E-state index contributed by atoms with van der Waals surface area (Å²) in [7, 11) is 0. The highest BCUT2D eigenvalue weighted by Crippen LogP contribution is 2.68. The van der Waals surface area contributed by atoms with Gasteiger partial charge in [0, 0.05) is 12.8 Å².